The molecule has 126 valence electrons. The van der Waals surface area contributed by atoms with Crippen molar-refractivity contribution in [1.82, 2.24) is 4.90 Å². The van der Waals surface area contributed by atoms with Crippen LogP contribution in [-0.4, -0.2) is 31.1 Å². The van der Waals surface area contributed by atoms with E-state index in [-0.39, 0.29) is 5.97 Å². The van der Waals surface area contributed by atoms with Crippen LogP contribution in [0, 0.1) is 0 Å². The summed E-state index contributed by atoms with van der Waals surface area (Å²) in [6.07, 6.45) is 13.6. The second kappa shape index (κ2) is 9.88. The van der Waals surface area contributed by atoms with Crippen molar-refractivity contribution in [3.8, 4) is 0 Å². The topological polar surface area (TPSA) is 29.5 Å². The number of rotatable bonds is 5. The first-order valence-corrected chi connectivity index (χ1v) is 8.22. The lowest BCUT2D eigenvalue weighted by Crippen LogP contribution is -2.25. The van der Waals surface area contributed by atoms with E-state index in [4.69, 9.17) is 4.74 Å². The third kappa shape index (κ3) is 5.59. The van der Waals surface area contributed by atoms with Crippen molar-refractivity contribution >= 4 is 5.97 Å². The standard InChI is InChI=1S/C20H29NO2/c1-6-17(13-12-16(4)20(22)23-5)15-21-14-10-9-11-18(7-2)19(21)8-3/h6-8,12-13H,1,9-11,14-15H2,2-5H3/b16-12+,17-13+,18-7-,19-8+. The molecule has 1 fully saturated rings. The third-order valence-corrected chi connectivity index (χ3v) is 4.11. The zero-order valence-electron chi connectivity index (χ0n) is 14.9. The van der Waals surface area contributed by atoms with E-state index >= 15 is 0 Å². The predicted molar refractivity (Wildman–Crippen MR) is 97.0 cm³/mol. The van der Waals surface area contributed by atoms with Crippen LogP contribution >= 0.6 is 0 Å². The molecular formula is C20H29NO2. The minimum atomic E-state index is -0.301. The Kier molecular flexibility index (Phi) is 8.17. The molecule has 0 spiro atoms. The van der Waals surface area contributed by atoms with E-state index in [1.165, 1.54) is 31.2 Å². The summed E-state index contributed by atoms with van der Waals surface area (Å²) in [5.74, 6) is -0.301. The monoisotopic (exact) mass is 315 g/mol. The van der Waals surface area contributed by atoms with Crippen molar-refractivity contribution in [3.63, 3.8) is 0 Å². The number of nitrogens with zero attached hydrogens (tertiary/aromatic N) is 1. The van der Waals surface area contributed by atoms with Gasteiger partial charge in [-0.1, -0.05) is 37.0 Å². The van der Waals surface area contributed by atoms with Crippen LogP contribution in [0.2, 0.25) is 0 Å². The Labute approximate surface area is 140 Å². The van der Waals surface area contributed by atoms with Gasteiger partial charge in [-0.3, -0.25) is 0 Å². The van der Waals surface area contributed by atoms with Gasteiger partial charge in [0.25, 0.3) is 0 Å². The van der Waals surface area contributed by atoms with Crippen LogP contribution in [0.1, 0.15) is 40.0 Å². The van der Waals surface area contributed by atoms with Crippen LogP contribution in [-0.2, 0) is 9.53 Å². The third-order valence-electron chi connectivity index (χ3n) is 4.11. The maximum Gasteiger partial charge on any atom is 0.333 e. The van der Waals surface area contributed by atoms with Crippen LogP contribution in [0.15, 0.2) is 59.4 Å². The molecule has 3 heteroatoms. The highest BCUT2D eigenvalue weighted by Crippen LogP contribution is 2.26. The highest BCUT2D eigenvalue weighted by Gasteiger charge is 2.17. The normalized spacial score (nSPS) is 20.6. The van der Waals surface area contributed by atoms with Crippen LogP contribution in [0.25, 0.3) is 0 Å². The van der Waals surface area contributed by atoms with Crippen molar-refractivity contribution in [3.05, 3.63) is 59.4 Å². The molecule has 0 unspecified atom stereocenters. The fourth-order valence-corrected chi connectivity index (χ4v) is 2.76. The summed E-state index contributed by atoms with van der Waals surface area (Å²) in [7, 11) is 1.39. The van der Waals surface area contributed by atoms with Gasteiger partial charge in [-0.05, 0) is 51.2 Å². The maximum atomic E-state index is 11.5. The van der Waals surface area contributed by atoms with Gasteiger partial charge in [-0.25, -0.2) is 4.79 Å². The molecular weight excluding hydrogens is 286 g/mol. The molecule has 1 saturated heterocycles. The number of hydrogen-bond donors (Lipinski definition) is 0. The first-order valence-electron chi connectivity index (χ1n) is 8.22. The highest BCUT2D eigenvalue weighted by atomic mass is 16.5. The van der Waals surface area contributed by atoms with Gasteiger partial charge in [0.2, 0.25) is 0 Å². The van der Waals surface area contributed by atoms with Crippen molar-refractivity contribution < 1.29 is 9.53 Å². The molecule has 3 nitrogen and oxygen atoms in total. The quantitative estimate of drug-likeness (QED) is 0.423. The first kappa shape index (κ1) is 19.0. The molecule has 0 aromatic heterocycles. The van der Waals surface area contributed by atoms with Crippen molar-refractivity contribution in [2.24, 2.45) is 0 Å². The van der Waals surface area contributed by atoms with E-state index < -0.39 is 0 Å². The molecule has 1 rings (SSSR count). The van der Waals surface area contributed by atoms with E-state index in [1.807, 2.05) is 12.2 Å². The van der Waals surface area contributed by atoms with Crippen molar-refractivity contribution in [2.75, 3.05) is 20.2 Å². The van der Waals surface area contributed by atoms with E-state index in [9.17, 15) is 4.79 Å². The van der Waals surface area contributed by atoms with Crippen LogP contribution in [0.5, 0.6) is 0 Å². The molecule has 0 atom stereocenters. The minimum absolute atomic E-state index is 0.301. The summed E-state index contributed by atoms with van der Waals surface area (Å²) in [5, 5.41) is 0. The lowest BCUT2D eigenvalue weighted by Gasteiger charge is -2.27. The Hall–Kier alpha value is -2.03. The largest absolute Gasteiger partial charge is 0.466 e. The van der Waals surface area contributed by atoms with Gasteiger partial charge < -0.3 is 9.64 Å². The lowest BCUT2D eigenvalue weighted by molar-refractivity contribution is -0.136. The molecule has 0 bridgehead atoms. The van der Waals surface area contributed by atoms with Crippen molar-refractivity contribution in [1.29, 1.82) is 0 Å². The van der Waals surface area contributed by atoms with Crippen LogP contribution in [0.4, 0.5) is 0 Å². The molecule has 1 heterocycles. The van der Waals surface area contributed by atoms with E-state index in [0.29, 0.717) is 5.57 Å². The summed E-state index contributed by atoms with van der Waals surface area (Å²) >= 11 is 0. The average Bonchev–Trinajstić information content (AvgIpc) is 2.78. The Morgan fingerprint density at radius 3 is 2.57 bits per heavy atom. The molecule has 0 aliphatic carbocycles. The Bertz CT molecular complexity index is 550. The van der Waals surface area contributed by atoms with Crippen LogP contribution < -0.4 is 0 Å². The van der Waals surface area contributed by atoms with Gasteiger partial charge in [0.15, 0.2) is 0 Å². The summed E-state index contributed by atoms with van der Waals surface area (Å²) < 4.78 is 4.72. The fourth-order valence-electron chi connectivity index (χ4n) is 2.76. The second-order valence-corrected chi connectivity index (χ2v) is 5.65. The Morgan fingerprint density at radius 2 is 2.00 bits per heavy atom. The number of methoxy groups -OCH3 is 1. The van der Waals surface area contributed by atoms with Gasteiger partial charge in [-0.2, -0.15) is 0 Å². The number of esters is 1. The second-order valence-electron chi connectivity index (χ2n) is 5.65. The highest BCUT2D eigenvalue weighted by molar-refractivity contribution is 5.87. The smallest absolute Gasteiger partial charge is 0.333 e. The molecule has 23 heavy (non-hydrogen) atoms. The average molecular weight is 315 g/mol. The molecule has 0 aromatic rings. The first-order chi connectivity index (χ1) is 11.1. The van der Waals surface area contributed by atoms with Gasteiger partial charge >= 0.3 is 5.97 Å². The van der Waals surface area contributed by atoms with Crippen LogP contribution in [0.3, 0.4) is 0 Å². The van der Waals surface area contributed by atoms with Gasteiger partial charge in [0.05, 0.1) is 7.11 Å². The predicted octanol–water partition coefficient (Wildman–Crippen LogP) is 4.55. The lowest BCUT2D eigenvalue weighted by atomic mass is 10.1. The molecule has 0 radical (unpaired) electrons. The number of carbonyl (C=O) groups is 1. The van der Waals surface area contributed by atoms with E-state index in [1.54, 1.807) is 13.0 Å². The summed E-state index contributed by atoms with van der Waals surface area (Å²) in [6, 6.07) is 0. The minimum Gasteiger partial charge on any atom is -0.466 e. The zero-order chi connectivity index (χ0) is 17.2. The summed E-state index contributed by atoms with van der Waals surface area (Å²) in [5.41, 5.74) is 4.40. The van der Waals surface area contributed by atoms with Crippen molar-refractivity contribution in [2.45, 2.75) is 40.0 Å². The molecule has 0 aromatic carbocycles. The maximum absolute atomic E-state index is 11.5. The molecule has 1 aliphatic heterocycles. The van der Waals surface area contributed by atoms with E-state index in [0.717, 1.165) is 25.1 Å². The summed E-state index contributed by atoms with van der Waals surface area (Å²) in [6.45, 7) is 11.7. The zero-order valence-corrected chi connectivity index (χ0v) is 14.9. The molecule has 0 saturated carbocycles. The molecule has 0 N–H and O–H groups in total. The number of allylic oxidation sites excluding steroid dienone is 5. The van der Waals surface area contributed by atoms with Gasteiger partial charge in [0, 0.05) is 24.4 Å². The molecule has 1 aliphatic rings. The molecule has 0 amide bonds. The Morgan fingerprint density at radius 1 is 1.26 bits per heavy atom. The Balaban J connectivity index is 2.96. The van der Waals surface area contributed by atoms with Gasteiger partial charge in [0.1, 0.15) is 0 Å². The number of ether oxygens (including phenoxy) is 1. The SMILES string of the molecule is C=C/C(=C\C=C(/C)C(=O)OC)CN1CCCCC(=C/C)/C1=C\C. The number of carbonyl (C=O) groups excluding carboxylic acids is 1. The van der Waals surface area contributed by atoms with Gasteiger partial charge in [-0.15, -0.1) is 0 Å². The number of hydrogen-bond acceptors (Lipinski definition) is 3. The number of likely N-dealkylation sites (tertiary alicyclic amines) is 1. The summed E-state index contributed by atoms with van der Waals surface area (Å²) in [4.78, 5) is 13.9. The fraction of sp³-hybridized carbons (Fsp3) is 0.450. The van der Waals surface area contributed by atoms with E-state index in [2.05, 4.69) is 37.5 Å².